The van der Waals surface area contributed by atoms with Crippen LogP contribution in [0.3, 0.4) is 0 Å². The molecule has 0 radical (unpaired) electrons. The van der Waals surface area contributed by atoms with Gasteiger partial charge in [-0.2, -0.15) is 0 Å². The third kappa shape index (κ3) is 0.958. The molecule has 0 saturated heterocycles. The van der Waals surface area contributed by atoms with Crippen molar-refractivity contribution in [3.63, 3.8) is 0 Å². The van der Waals surface area contributed by atoms with Gasteiger partial charge in [-0.3, -0.25) is 4.98 Å². The highest BCUT2D eigenvalue weighted by atomic mass is 31.0. The van der Waals surface area contributed by atoms with Crippen LogP contribution in [0, 0.1) is 0 Å². The van der Waals surface area contributed by atoms with Crippen molar-refractivity contribution in [2.24, 2.45) is 0 Å². The topological polar surface area (TPSA) is 38.9 Å². The van der Waals surface area contributed by atoms with Crippen LogP contribution in [0.1, 0.15) is 0 Å². The molecule has 1 aromatic heterocycles. The molecule has 8 heavy (non-hydrogen) atoms. The predicted octanol–water partition coefficient (Wildman–Crippen LogP) is 0.164. The Kier molecular flexibility index (Phi) is 1.45. The number of hydrogen-bond donors (Lipinski definition) is 1. The van der Waals surface area contributed by atoms with Crippen LogP contribution < -0.4 is 11.0 Å². The molecule has 1 aromatic rings. The minimum Gasteiger partial charge on any atom is -0.397 e. The summed E-state index contributed by atoms with van der Waals surface area (Å²) in [6, 6.07) is 1.85. The molecule has 2 nitrogen and oxygen atoms in total. The second-order valence-corrected chi connectivity index (χ2v) is 2.13. The van der Waals surface area contributed by atoms with Crippen LogP contribution in [-0.2, 0) is 0 Å². The Bertz CT molecular complexity index is 167. The molecule has 0 aromatic carbocycles. The molecule has 42 valence electrons. The van der Waals surface area contributed by atoms with Gasteiger partial charge in [-0.1, -0.05) is 0 Å². The maximum Gasteiger partial charge on any atom is 0.0573 e. The van der Waals surface area contributed by atoms with Gasteiger partial charge in [0.05, 0.1) is 11.9 Å². The summed E-state index contributed by atoms with van der Waals surface area (Å²) < 4.78 is 0. The molecule has 1 atom stereocenters. The van der Waals surface area contributed by atoms with Gasteiger partial charge >= 0.3 is 0 Å². The number of pyridine rings is 1. The maximum atomic E-state index is 5.44. The van der Waals surface area contributed by atoms with Gasteiger partial charge in [0.25, 0.3) is 0 Å². The Labute approximate surface area is 50.3 Å². The zero-order valence-electron chi connectivity index (χ0n) is 4.33. The van der Waals surface area contributed by atoms with Crippen molar-refractivity contribution in [3.05, 3.63) is 18.5 Å². The lowest BCUT2D eigenvalue weighted by atomic mass is 10.4. The molecule has 1 unspecified atom stereocenters. The van der Waals surface area contributed by atoms with E-state index in [2.05, 4.69) is 14.2 Å². The van der Waals surface area contributed by atoms with Crippen molar-refractivity contribution in [3.8, 4) is 0 Å². The monoisotopic (exact) mass is 126 g/mol. The van der Waals surface area contributed by atoms with Crippen LogP contribution in [-0.4, -0.2) is 4.98 Å². The van der Waals surface area contributed by atoms with E-state index in [1.54, 1.807) is 12.4 Å². The Hall–Kier alpha value is -0.620. The average Bonchev–Trinajstić information content (AvgIpc) is 1.77. The number of hydrogen-bond acceptors (Lipinski definition) is 2. The van der Waals surface area contributed by atoms with E-state index in [9.17, 15) is 0 Å². The normalized spacial score (nSPS) is 9.12. The third-order valence-electron chi connectivity index (χ3n) is 0.887. The van der Waals surface area contributed by atoms with Gasteiger partial charge in [0.2, 0.25) is 0 Å². The fourth-order valence-electron chi connectivity index (χ4n) is 0.417. The summed E-state index contributed by atoms with van der Waals surface area (Å²) in [5.74, 6) is 0. The molecule has 0 fully saturated rings. The summed E-state index contributed by atoms with van der Waals surface area (Å²) in [6.07, 6.45) is 3.33. The lowest BCUT2D eigenvalue weighted by Crippen LogP contribution is -2.00. The molecule has 2 N–H and O–H groups in total. The van der Waals surface area contributed by atoms with Gasteiger partial charge in [-0.25, -0.2) is 0 Å². The number of anilines is 1. The van der Waals surface area contributed by atoms with E-state index >= 15 is 0 Å². The second-order valence-electron chi connectivity index (χ2n) is 1.50. The largest absolute Gasteiger partial charge is 0.397 e. The summed E-state index contributed by atoms with van der Waals surface area (Å²) >= 11 is 0. The molecule has 0 aliphatic rings. The Morgan fingerprint density at radius 1 is 1.62 bits per heavy atom. The number of nitrogens with zero attached hydrogens (tertiary/aromatic N) is 1. The lowest BCUT2D eigenvalue weighted by Gasteiger charge is -1.92. The van der Waals surface area contributed by atoms with Crippen molar-refractivity contribution >= 4 is 20.2 Å². The molecule has 0 bridgehead atoms. The lowest BCUT2D eigenvalue weighted by molar-refractivity contribution is 1.35. The summed E-state index contributed by atoms with van der Waals surface area (Å²) in [7, 11) is 2.52. The van der Waals surface area contributed by atoms with Gasteiger partial charge in [0.1, 0.15) is 0 Å². The van der Waals surface area contributed by atoms with Crippen molar-refractivity contribution in [1.29, 1.82) is 0 Å². The van der Waals surface area contributed by atoms with Crippen LogP contribution in [0.5, 0.6) is 0 Å². The van der Waals surface area contributed by atoms with Gasteiger partial charge in [0, 0.05) is 6.20 Å². The van der Waals surface area contributed by atoms with E-state index in [1.165, 1.54) is 0 Å². The third-order valence-corrected chi connectivity index (χ3v) is 1.41. The minimum atomic E-state index is 0.720. The Morgan fingerprint density at radius 2 is 2.38 bits per heavy atom. The Balaban J connectivity index is 3.13. The van der Waals surface area contributed by atoms with E-state index < -0.39 is 0 Å². The second kappa shape index (κ2) is 2.10. The van der Waals surface area contributed by atoms with E-state index in [0.29, 0.717) is 0 Å². The highest BCUT2D eigenvalue weighted by Gasteiger charge is 1.85. The molecule has 3 heteroatoms. The first-order chi connectivity index (χ1) is 3.80. The minimum absolute atomic E-state index is 0.720. The molecular weight excluding hydrogens is 119 g/mol. The van der Waals surface area contributed by atoms with E-state index in [-0.39, 0.29) is 0 Å². The fourth-order valence-corrected chi connectivity index (χ4v) is 0.578. The maximum absolute atomic E-state index is 5.44. The SMILES string of the molecule is Nc1cnccc1P. The van der Waals surface area contributed by atoms with Crippen LogP contribution >= 0.6 is 9.24 Å². The first-order valence-corrected chi connectivity index (χ1v) is 2.83. The summed E-state index contributed by atoms with van der Waals surface area (Å²) in [6.45, 7) is 0. The van der Waals surface area contributed by atoms with Crippen molar-refractivity contribution < 1.29 is 0 Å². The summed E-state index contributed by atoms with van der Waals surface area (Å²) in [4.78, 5) is 3.81. The van der Waals surface area contributed by atoms with Crippen molar-refractivity contribution in [2.45, 2.75) is 0 Å². The molecule has 1 heterocycles. The van der Waals surface area contributed by atoms with Gasteiger partial charge < -0.3 is 5.73 Å². The first kappa shape index (κ1) is 5.52. The van der Waals surface area contributed by atoms with Gasteiger partial charge in [0.15, 0.2) is 0 Å². The average molecular weight is 126 g/mol. The first-order valence-electron chi connectivity index (χ1n) is 2.25. The zero-order valence-corrected chi connectivity index (χ0v) is 5.49. The van der Waals surface area contributed by atoms with Crippen molar-refractivity contribution in [1.82, 2.24) is 4.98 Å². The smallest absolute Gasteiger partial charge is 0.0573 e. The number of aromatic nitrogens is 1. The van der Waals surface area contributed by atoms with Crippen LogP contribution in [0.4, 0.5) is 5.69 Å². The van der Waals surface area contributed by atoms with E-state index in [0.717, 1.165) is 11.0 Å². The van der Waals surface area contributed by atoms with Gasteiger partial charge in [-0.05, 0) is 11.4 Å². The Morgan fingerprint density at radius 3 is 2.75 bits per heavy atom. The molecule has 0 aliphatic heterocycles. The highest BCUT2D eigenvalue weighted by Crippen LogP contribution is 1.96. The van der Waals surface area contributed by atoms with Crippen molar-refractivity contribution in [2.75, 3.05) is 5.73 Å². The molecule has 0 saturated carbocycles. The molecular formula is C5H7N2P. The van der Waals surface area contributed by atoms with E-state index in [4.69, 9.17) is 5.73 Å². The molecule has 1 rings (SSSR count). The highest BCUT2D eigenvalue weighted by molar-refractivity contribution is 7.28. The zero-order chi connectivity index (χ0) is 5.98. The van der Waals surface area contributed by atoms with Gasteiger partial charge in [-0.15, -0.1) is 9.24 Å². The predicted molar refractivity (Wildman–Crippen MR) is 38.0 cm³/mol. The fraction of sp³-hybridized carbons (Fsp3) is 0. The van der Waals surface area contributed by atoms with Crippen LogP contribution in [0.2, 0.25) is 0 Å². The number of nitrogens with two attached hydrogens (primary N) is 1. The quantitative estimate of drug-likeness (QED) is 0.503. The number of nitrogen functional groups attached to an aromatic ring is 1. The standard InChI is InChI=1S/C5H7N2P/c6-4-3-7-2-1-5(4)8/h1-3H,6,8H2. The van der Waals surface area contributed by atoms with Crippen LogP contribution in [0.25, 0.3) is 0 Å². The number of rotatable bonds is 0. The molecule has 0 spiro atoms. The molecule has 0 aliphatic carbocycles. The summed E-state index contributed by atoms with van der Waals surface area (Å²) in [5.41, 5.74) is 6.16. The van der Waals surface area contributed by atoms with Crippen LogP contribution in [0.15, 0.2) is 18.5 Å². The molecule has 0 amide bonds. The van der Waals surface area contributed by atoms with E-state index in [1.807, 2.05) is 6.07 Å². The summed E-state index contributed by atoms with van der Waals surface area (Å²) in [5, 5.41) is 1.00.